The summed E-state index contributed by atoms with van der Waals surface area (Å²) in [5.74, 6) is -0.746. The number of hydrogen-bond donors (Lipinski definition) is 2. The minimum Gasteiger partial charge on any atom is -0.481 e. The predicted octanol–water partition coefficient (Wildman–Crippen LogP) is 1.56. The third-order valence-corrected chi connectivity index (χ3v) is 2.67. The Labute approximate surface area is 99.0 Å². The molecule has 0 aromatic rings. The van der Waals surface area contributed by atoms with Gasteiger partial charge < -0.3 is 10.4 Å². The van der Waals surface area contributed by atoms with Gasteiger partial charge in [0.05, 0.1) is 6.42 Å². The average Bonchev–Trinajstić information content (AvgIpc) is 2.09. The lowest BCUT2D eigenvalue weighted by atomic mass is 10.2. The van der Waals surface area contributed by atoms with E-state index in [0.717, 1.165) is 13.1 Å². The zero-order chi connectivity index (χ0) is 12.7. The molecule has 0 spiro atoms. The van der Waals surface area contributed by atoms with Gasteiger partial charge in [0, 0.05) is 31.2 Å². The predicted molar refractivity (Wildman–Crippen MR) is 66.7 cm³/mol. The van der Waals surface area contributed by atoms with Crippen LogP contribution in [-0.4, -0.2) is 47.2 Å². The zero-order valence-corrected chi connectivity index (χ0v) is 11.2. The van der Waals surface area contributed by atoms with Gasteiger partial charge in [-0.1, -0.05) is 0 Å². The summed E-state index contributed by atoms with van der Waals surface area (Å²) in [5, 5.41) is 11.9. The van der Waals surface area contributed by atoms with Crippen molar-refractivity contribution < 1.29 is 9.90 Å². The first-order chi connectivity index (χ1) is 7.34. The minimum atomic E-state index is -0.746. The van der Waals surface area contributed by atoms with Crippen molar-refractivity contribution in [3.05, 3.63) is 0 Å². The van der Waals surface area contributed by atoms with Gasteiger partial charge in [0.15, 0.2) is 0 Å². The number of aliphatic carboxylic acids is 1. The fourth-order valence-corrected chi connectivity index (χ4v) is 1.89. The van der Waals surface area contributed by atoms with Gasteiger partial charge in [-0.25, -0.2) is 0 Å². The maximum absolute atomic E-state index is 10.5. The number of nitrogens with zero attached hydrogens (tertiary/aromatic N) is 1. The van der Waals surface area contributed by atoms with E-state index in [1.165, 1.54) is 0 Å². The molecule has 0 aliphatic heterocycles. The molecular formula is C12H26N2O2. The first-order valence-electron chi connectivity index (χ1n) is 6.05. The molecule has 0 saturated carbocycles. The molecule has 0 aliphatic rings. The Kier molecular flexibility index (Phi) is 7.34. The maximum Gasteiger partial charge on any atom is 0.304 e. The van der Waals surface area contributed by atoms with E-state index in [1.54, 1.807) is 0 Å². The van der Waals surface area contributed by atoms with Gasteiger partial charge in [0.1, 0.15) is 0 Å². The van der Waals surface area contributed by atoms with Gasteiger partial charge in [-0.15, -0.1) is 0 Å². The van der Waals surface area contributed by atoms with Gasteiger partial charge in [-0.3, -0.25) is 9.69 Å². The largest absolute Gasteiger partial charge is 0.481 e. The summed E-state index contributed by atoms with van der Waals surface area (Å²) < 4.78 is 0. The number of carboxylic acids is 1. The summed E-state index contributed by atoms with van der Waals surface area (Å²) in [5.41, 5.74) is 0. The quantitative estimate of drug-likeness (QED) is 0.664. The number of rotatable bonds is 8. The highest BCUT2D eigenvalue weighted by Crippen LogP contribution is 2.03. The number of carbonyl (C=O) groups is 1. The molecule has 0 saturated heterocycles. The van der Waals surface area contributed by atoms with Crippen LogP contribution in [0.2, 0.25) is 0 Å². The van der Waals surface area contributed by atoms with Crippen LogP contribution in [0.3, 0.4) is 0 Å². The standard InChI is InChI=1S/C12H26N2O2/c1-9(2)14(10(3)4)7-6-13-11(5)8-12(15)16/h9-11,13H,6-8H2,1-5H3,(H,15,16). The van der Waals surface area contributed by atoms with Crippen molar-refractivity contribution >= 4 is 5.97 Å². The van der Waals surface area contributed by atoms with Crippen LogP contribution in [0.1, 0.15) is 41.0 Å². The van der Waals surface area contributed by atoms with Crippen molar-refractivity contribution in [2.24, 2.45) is 0 Å². The van der Waals surface area contributed by atoms with Gasteiger partial charge >= 0.3 is 5.97 Å². The highest BCUT2D eigenvalue weighted by molar-refractivity contribution is 5.67. The van der Waals surface area contributed by atoms with Gasteiger partial charge in [-0.05, 0) is 34.6 Å². The molecule has 1 atom stereocenters. The second-order valence-electron chi connectivity index (χ2n) is 4.88. The maximum atomic E-state index is 10.5. The van der Waals surface area contributed by atoms with E-state index in [9.17, 15) is 4.79 Å². The van der Waals surface area contributed by atoms with Crippen LogP contribution in [0.4, 0.5) is 0 Å². The molecule has 0 fully saturated rings. The number of carboxylic acid groups (broad SMARTS) is 1. The average molecular weight is 230 g/mol. The monoisotopic (exact) mass is 230 g/mol. The second-order valence-corrected chi connectivity index (χ2v) is 4.88. The highest BCUT2D eigenvalue weighted by atomic mass is 16.4. The fraction of sp³-hybridized carbons (Fsp3) is 0.917. The molecule has 96 valence electrons. The third-order valence-electron chi connectivity index (χ3n) is 2.67. The molecule has 4 heteroatoms. The molecular weight excluding hydrogens is 204 g/mol. The van der Waals surface area contributed by atoms with Crippen LogP contribution in [0.15, 0.2) is 0 Å². The Bertz CT molecular complexity index is 197. The summed E-state index contributed by atoms with van der Waals surface area (Å²) in [6, 6.07) is 1.09. The first kappa shape index (κ1) is 15.4. The van der Waals surface area contributed by atoms with Crippen LogP contribution < -0.4 is 5.32 Å². The lowest BCUT2D eigenvalue weighted by molar-refractivity contribution is -0.137. The van der Waals surface area contributed by atoms with Crippen molar-refractivity contribution in [3.8, 4) is 0 Å². The van der Waals surface area contributed by atoms with E-state index < -0.39 is 5.97 Å². The van der Waals surface area contributed by atoms with E-state index in [2.05, 4.69) is 37.9 Å². The SMILES string of the molecule is CC(CC(=O)O)NCCN(C(C)C)C(C)C. The highest BCUT2D eigenvalue weighted by Gasteiger charge is 2.13. The summed E-state index contributed by atoms with van der Waals surface area (Å²) in [7, 11) is 0. The molecule has 4 nitrogen and oxygen atoms in total. The summed E-state index contributed by atoms with van der Waals surface area (Å²) in [4.78, 5) is 12.9. The zero-order valence-electron chi connectivity index (χ0n) is 11.2. The summed E-state index contributed by atoms with van der Waals surface area (Å²) >= 11 is 0. The van der Waals surface area contributed by atoms with Crippen LogP contribution in [0.5, 0.6) is 0 Å². The van der Waals surface area contributed by atoms with Crippen molar-refractivity contribution in [3.63, 3.8) is 0 Å². The number of hydrogen-bond acceptors (Lipinski definition) is 3. The second kappa shape index (κ2) is 7.63. The Morgan fingerprint density at radius 2 is 1.69 bits per heavy atom. The van der Waals surface area contributed by atoms with Gasteiger partial charge in [-0.2, -0.15) is 0 Å². The molecule has 0 amide bonds. The molecule has 0 radical (unpaired) electrons. The van der Waals surface area contributed by atoms with Crippen molar-refractivity contribution in [1.82, 2.24) is 10.2 Å². The van der Waals surface area contributed by atoms with E-state index in [-0.39, 0.29) is 12.5 Å². The summed E-state index contributed by atoms with van der Waals surface area (Å²) in [6.07, 6.45) is 0.184. The minimum absolute atomic E-state index is 0.0404. The molecule has 0 bridgehead atoms. The van der Waals surface area contributed by atoms with Gasteiger partial charge in [0.25, 0.3) is 0 Å². The molecule has 0 heterocycles. The van der Waals surface area contributed by atoms with E-state index in [0.29, 0.717) is 12.1 Å². The smallest absolute Gasteiger partial charge is 0.304 e. The van der Waals surface area contributed by atoms with Crippen LogP contribution in [0, 0.1) is 0 Å². The molecule has 0 aromatic heterocycles. The number of nitrogens with one attached hydrogen (secondary N) is 1. The van der Waals surface area contributed by atoms with Crippen LogP contribution in [0.25, 0.3) is 0 Å². The lowest BCUT2D eigenvalue weighted by Gasteiger charge is -2.30. The summed E-state index contributed by atoms with van der Waals surface area (Å²) in [6.45, 7) is 12.4. The van der Waals surface area contributed by atoms with E-state index in [4.69, 9.17) is 5.11 Å². The van der Waals surface area contributed by atoms with Crippen LogP contribution >= 0.6 is 0 Å². The van der Waals surface area contributed by atoms with Crippen molar-refractivity contribution in [2.45, 2.75) is 59.2 Å². The molecule has 0 rings (SSSR count). The first-order valence-corrected chi connectivity index (χ1v) is 6.05. The molecule has 0 aliphatic carbocycles. The van der Waals surface area contributed by atoms with Crippen molar-refractivity contribution in [2.75, 3.05) is 13.1 Å². The third kappa shape index (κ3) is 6.80. The van der Waals surface area contributed by atoms with E-state index >= 15 is 0 Å². The Balaban J connectivity index is 3.82. The Morgan fingerprint density at radius 3 is 2.06 bits per heavy atom. The topological polar surface area (TPSA) is 52.6 Å². The molecule has 16 heavy (non-hydrogen) atoms. The van der Waals surface area contributed by atoms with Gasteiger partial charge in [0.2, 0.25) is 0 Å². The molecule has 2 N–H and O–H groups in total. The Hall–Kier alpha value is -0.610. The normalized spacial score (nSPS) is 13.8. The van der Waals surface area contributed by atoms with E-state index in [1.807, 2.05) is 6.92 Å². The molecule has 1 unspecified atom stereocenters. The van der Waals surface area contributed by atoms with Crippen LogP contribution in [-0.2, 0) is 4.79 Å². The fourth-order valence-electron chi connectivity index (χ4n) is 1.89. The lowest BCUT2D eigenvalue weighted by Crippen LogP contribution is -2.43. The van der Waals surface area contributed by atoms with Crippen molar-refractivity contribution in [1.29, 1.82) is 0 Å². The molecule has 0 aromatic carbocycles. The Morgan fingerprint density at radius 1 is 1.19 bits per heavy atom.